The Balaban J connectivity index is 0.000000175. The van der Waals surface area contributed by atoms with Crippen molar-refractivity contribution >= 4 is 78.8 Å². The number of aromatic nitrogens is 2. The number of aliphatic hydroxyl groups is 1. The predicted molar refractivity (Wildman–Crippen MR) is 234 cm³/mol. The molecule has 0 amide bonds. The number of nitrogen functional groups attached to an aromatic ring is 1. The molecule has 3 N–H and O–H groups in total. The van der Waals surface area contributed by atoms with Crippen LogP contribution in [0.1, 0.15) is 40.3 Å². The zero-order valence-electron chi connectivity index (χ0n) is 30.7. The third kappa shape index (κ3) is 10.0. The molecule has 55 heavy (non-hydrogen) atoms. The molecule has 0 saturated carbocycles. The van der Waals surface area contributed by atoms with E-state index in [1.54, 1.807) is 53.9 Å². The lowest BCUT2D eigenvalue weighted by atomic mass is 10.1. The van der Waals surface area contributed by atoms with Gasteiger partial charge in [0.2, 0.25) is 0 Å². The van der Waals surface area contributed by atoms with Crippen LogP contribution >= 0.6 is 22.7 Å². The van der Waals surface area contributed by atoms with E-state index in [0.717, 1.165) is 54.6 Å². The number of aryl methyl sites for hydroxylation is 2. The van der Waals surface area contributed by atoms with Crippen molar-refractivity contribution in [3.8, 4) is 21.1 Å². The van der Waals surface area contributed by atoms with Crippen LogP contribution < -0.4 is 5.73 Å². The first-order valence-electron chi connectivity index (χ1n) is 17.7. The van der Waals surface area contributed by atoms with Gasteiger partial charge in [-0.3, -0.25) is 10.1 Å². The minimum atomic E-state index is -0.363. The molecule has 274 valence electrons. The van der Waals surface area contributed by atoms with Crippen molar-refractivity contribution in [2.24, 2.45) is 0 Å². The molecule has 6 aromatic carbocycles. The van der Waals surface area contributed by atoms with Crippen molar-refractivity contribution in [2.75, 3.05) is 12.3 Å². The molecule has 8 rings (SSSR count). The number of nitro benzene ring substituents is 1. The summed E-state index contributed by atoms with van der Waals surface area (Å²) in [5, 5.41) is 20.7. The van der Waals surface area contributed by atoms with Gasteiger partial charge in [-0.25, -0.2) is 9.97 Å². The Labute approximate surface area is 328 Å². The Morgan fingerprint density at radius 3 is 1.55 bits per heavy atom. The summed E-state index contributed by atoms with van der Waals surface area (Å²) in [6.45, 7) is 6.12. The molecule has 0 unspecified atom stereocenters. The van der Waals surface area contributed by atoms with Gasteiger partial charge in [0.15, 0.2) is 0 Å². The maximum Gasteiger partial charge on any atom is 0.276 e. The summed E-state index contributed by atoms with van der Waals surface area (Å²) in [5.74, 6) is 0. The minimum absolute atomic E-state index is 0.107. The predicted octanol–water partition coefficient (Wildman–Crippen LogP) is 12.4. The highest BCUT2D eigenvalue weighted by molar-refractivity contribution is 7.22. The Hall–Kier alpha value is -6.26. The lowest BCUT2D eigenvalue weighted by Gasteiger charge is -2.00. The first-order chi connectivity index (χ1) is 26.7. The third-order valence-electron chi connectivity index (χ3n) is 8.44. The van der Waals surface area contributed by atoms with Crippen molar-refractivity contribution in [3.05, 3.63) is 177 Å². The van der Waals surface area contributed by atoms with Crippen LogP contribution in [0.15, 0.2) is 133 Å². The molecule has 9 heteroatoms. The van der Waals surface area contributed by atoms with Gasteiger partial charge in [0.1, 0.15) is 10.0 Å². The zero-order valence-corrected chi connectivity index (χ0v) is 32.4. The lowest BCUT2D eigenvalue weighted by Crippen LogP contribution is -1.90. The molecule has 0 aliphatic rings. The van der Waals surface area contributed by atoms with Crippen LogP contribution in [0.4, 0.5) is 11.4 Å². The summed E-state index contributed by atoms with van der Waals surface area (Å²) in [5.41, 5.74) is 17.4. The number of thiazole rings is 2. The second-order valence-corrected chi connectivity index (χ2v) is 14.7. The number of anilines is 1. The Morgan fingerprint density at radius 2 is 1.07 bits per heavy atom. The molecule has 0 bridgehead atoms. The smallest absolute Gasteiger partial charge is 0.276 e. The summed E-state index contributed by atoms with van der Waals surface area (Å²) >= 11 is 3.42. The molecule has 2 aromatic heterocycles. The second kappa shape index (κ2) is 18.2. The molecule has 0 fully saturated rings. The number of hydrogen-bond acceptors (Lipinski definition) is 8. The number of aliphatic hydroxyl groups excluding tert-OH is 1. The molecular formula is C46H40N4O3S2. The van der Waals surface area contributed by atoms with E-state index < -0.39 is 0 Å². The summed E-state index contributed by atoms with van der Waals surface area (Å²) in [6.07, 6.45) is 7.78. The standard InChI is InChI=1S/C22H16N2O2S.C22H18N2S.C2H6O/c1-15-6-13-19-21(14-15)27-22(23-19)18-11-8-16(9-12-18)7-10-17-4-2-3-5-20(17)24(25)26;1-15-6-13-20-21(14-15)25-22(24-20)18-11-8-16(9-12-18)7-10-17-4-2-3-5-19(17)23;1-2-3/h2-14H,1H3;2-14H,23H2,1H3;3H,2H2,1H3/b2*10-7+;. The van der Waals surface area contributed by atoms with E-state index in [9.17, 15) is 10.1 Å². The van der Waals surface area contributed by atoms with Crippen LogP contribution in [0, 0.1) is 24.0 Å². The van der Waals surface area contributed by atoms with Gasteiger partial charge in [0.25, 0.3) is 5.69 Å². The minimum Gasteiger partial charge on any atom is -0.398 e. The molecule has 0 aliphatic heterocycles. The number of para-hydroxylation sites is 2. The highest BCUT2D eigenvalue weighted by Crippen LogP contribution is 2.32. The SMILES string of the molecule is CCO.Cc1ccc2nc(-c3ccc(/C=C/c4ccccc4N)cc3)sc2c1.Cc1ccc2nc(-c3ccc(/C=C/c4ccccc4[N+](=O)[O-])cc3)sc2c1. The fourth-order valence-corrected chi connectivity index (χ4v) is 7.75. The van der Waals surface area contributed by atoms with Crippen molar-refractivity contribution in [3.63, 3.8) is 0 Å². The molecule has 0 saturated heterocycles. The average molecular weight is 761 g/mol. The van der Waals surface area contributed by atoms with Crippen LogP contribution in [-0.2, 0) is 0 Å². The van der Waals surface area contributed by atoms with Crippen molar-refractivity contribution in [2.45, 2.75) is 20.8 Å². The third-order valence-corrected chi connectivity index (χ3v) is 10.6. The van der Waals surface area contributed by atoms with Crippen LogP contribution in [0.25, 0.3) is 65.9 Å². The Morgan fingerprint density at radius 1 is 0.636 bits per heavy atom. The molecular weight excluding hydrogens is 721 g/mol. The average Bonchev–Trinajstić information content (AvgIpc) is 3.82. The summed E-state index contributed by atoms with van der Waals surface area (Å²) in [7, 11) is 0. The normalized spacial score (nSPS) is 11.1. The number of nitrogens with two attached hydrogens (primary N) is 1. The van der Waals surface area contributed by atoms with Gasteiger partial charge >= 0.3 is 0 Å². The van der Waals surface area contributed by atoms with E-state index >= 15 is 0 Å². The molecule has 0 spiro atoms. The molecule has 0 atom stereocenters. The highest BCUT2D eigenvalue weighted by Gasteiger charge is 2.10. The van der Waals surface area contributed by atoms with Crippen molar-refractivity contribution in [1.82, 2.24) is 9.97 Å². The van der Waals surface area contributed by atoms with Crippen LogP contribution in [0.5, 0.6) is 0 Å². The van der Waals surface area contributed by atoms with Gasteiger partial charge in [-0.1, -0.05) is 109 Å². The maximum absolute atomic E-state index is 11.1. The van der Waals surface area contributed by atoms with Gasteiger partial charge in [0.05, 0.1) is 30.9 Å². The monoisotopic (exact) mass is 760 g/mol. The fourth-order valence-electron chi connectivity index (χ4n) is 5.61. The van der Waals surface area contributed by atoms with E-state index in [-0.39, 0.29) is 17.2 Å². The molecule has 0 aliphatic carbocycles. The van der Waals surface area contributed by atoms with Crippen LogP contribution in [0.2, 0.25) is 0 Å². The van der Waals surface area contributed by atoms with E-state index in [2.05, 4.69) is 80.6 Å². The van der Waals surface area contributed by atoms with Crippen molar-refractivity contribution in [1.29, 1.82) is 0 Å². The first-order valence-corrected chi connectivity index (χ1v) is 19.3. The zero-order chi connectivity index (χ0) is 38.7. The van der Waals surface area contributed by atoms with E-state index in [0.29, 0.717) is 5.56 Å². The van der Waals surface area contributed by atoms with Gasteiger partial charge in [-0.05, 0) is 91.1 Å². The number of nitro groups is 1. The first kappa shape index (κ1) is 38.5. The van der Waals surface area contributed by atoms with Crippen LogP contribution in [0.3, 0.4) is 0 Å². The summed E-state index contributed by atoms with van der Waals surface area (Å²) in [6, 6.07) is 43.8. The quantitative estimate of drug-likeness (QED) is 0.0723. The lowest BCUT2D eigenvalue weighted by molar-refractivity contribution is -0.385. The molecule has 0 radical (unpaired) electrons. The summed E-state index contributed by atoms with van der Waals surface area (Å²) in [4.78, 5) is 20.2. The molecule has 2 heterocycles. The second-order valence-electron chi connectivity index (χ2n) is 12.7. The Bertz CT molecular complexity index is 2610. The van der Waals surface area contributed by atoms with E-state index in [4.69, 9.17) is 20.8 Å². The van der Waals surface area contributed by atoms with Crippen LogP contribution in [-0.4, -0.2) is 26.6 Å². The number of rotatable bonds is 7. The number of hydrogen-bond donors (Lipinski definition) is 2. The van der Waals surface area contributed by atoms with E-state index in [1.807, 2.05) is 60.7 Å². The molecule has 8 aromatic rings. The number of fused-ring (bicyclic) bond motifs is 2. The fraction of sp³-hybridized carbons (Fsp3) is 0.0870. The number of benzene rings is 6. The van der Waals surface area contributed by atoms with Gasteiger partial charge in [0, 0.05) is 29.5 Å². The highest BCUT2D eigenvalue weighted by atomic mass is 32.1. The van der Waals surface area contributed by atoms with Gasteiger partial charge in [-0.2, -0.15) is 0 Å². The van der Waals surface area contributed by atoms with Gasteiger partial charge < -0.3 is 10.8 Å². The van der Waals surface area contributed by atoms with Gasteiger partial charge in [-0.15, -0.1) is 22.7 Å². The largest absolute Gasteiger partial charge is 0.398 e. The maximum atomic E-state index is 11.1. The Kier molecular flexibility index (Phi) is 12.7. The summed E-state index contributed by atoms with van der Waals surface area (Å²) < 4.78 is 2.42. The topological polar surface area (TPSA) is 115 Å². The van der Waals surface area contributed by atoms with E-state index in [1.165, 1.54) is 26.6 Å². The van der Waals surface area contributed by atoms with Crippen molar-refractivity contribution < 1.29 is 10.0 Å². The molecule has 7 nitrogen and oxygen atoms in total. The number of nitrogens with zero attached hydrogens (tertiary/aromatic N) is 3.